The van der Waals surface area contributed by atoms with E-state index in [0.29, 0.717) is 6.61 Å². The van der Waals surface area contributed by atoms with E-state index in [1.807, 2.05) is 35.2 Å². The first-order valence-electron chi connectivity index (χ1n) is 8.59. The molecule has 1 aromatic rings. The molecule has 0 aromatic heterocycles. The Kier molecular flexibility index (Phi) is 7.49. The van der Waals surface area contributed by atoms with E-state index in [1.165, 1.54) is 0 Å². The van der Waals surface area contributed by atoms with Crippen LogP contribution in [0.1, 0.15) is 31.2 Å². The number of aliphatic hydroxyl groups is 1. The Labute approximate surface area is 149 Å². The van der Waals surface area contributed by atoms with E-state index >= 15 is 0 Å². The van der Waals surface area contributed by atoms with Crippen LogP contribution in [0.15, 0.2) is 30.3 Å². The summed E-state index contributed by atoms with van der Waals surface area (Å²) < 4.78 is 5.64. The Morgan fingerprint density at radius 2 is 2.08 bits per heavy atom. The molecule has 2 aliphatic rings. The summed E-state index contributed by atoms with van der Waals surface area (Å²) in [5.74, 6) is 0.145. The molecule has 0 radical (unpaired) electrons. The van der Waals surface area contributed by atoms with E-state index < -0.39 is 6.10 Å². The Morgan fingerprint density at radius 3 is 2.79 bits per heavy atom. The number of carbonyl (C=O) groups is 1. The number of likely N-dealkylation sites (tertiary alicyclic amines) is 1. The highest BCUT2D eigenvalue weighted by molar-refractivity contribution is 5.85. The van der Waals surface area contributed by atoms with E-state index in [-0.39, 0.29) is 37.0 Å². The van der Waals surface area contributed by atoms with Gasteiger partial charge in [-0.25, -0.2) is 0 Å². The van der Waals surface area contributed by atoms with Crippen molar-refractivity contribution in [1.29, 1.82) is 0 Å². The molecule has 2 fully saturated rings. The van der Waals surface area contributed by atoms with E-state index in [9.17, 15) is 9.90 Å². The molecule has 2 aliphatic heterocycles. The molecule has 2 N–H and O–H groups in total. The molecule has 3 rings (SSSR count). The second-order valence-corrected chi connectivity index (χ2v) is 6.46. The number of nitrogens with zero attached hydrogens (tertiary/aromatic N) is 1. The number of hydrogen-bond acceptors (Lipinski definition) is 4. The Bertz CT molecular complexity index is 508. The Hall–Kier alpha value is -1.14. The predicted octanol–water partition coefficient (Wildman–Crippen LogP) is 1.73. The average molecular weight is 355 g/mol. The number of hydrogen-bond donors (Lipinski definition) is 2. The topological polar surface area (TPSA) is 61.8 Å². The molecule has 1 unspecified atom stereocenters. The van der Waals surface area contributed by atoms with Crippen LogP contribution >= 0.6 is 12.4 Å². The minimum atomic E-state index is -0.619. The van der Waals surface area contributed by atoms with Crippen molar-refractivity contribution in [2.75, 3.05) is 19.7 Å². The monoisotopic (exact) mass is 354 g/mol. The third-order valence-corrected chi connectivity index (χ3v) is 4.79. The molecular weight excluding hydrogens is 328 g/mol. The lowest BCUT2D eigenvalue weighted by molar-refractivity contribution is -0.137. The van der Waals surface area contributed by atoms with Gasteiger partial charge in [-0.2, -0.15) is 0 Å². The third kappa shape index (κ3) is 4.70. The first-order chi connectivity index (χ1) is 11.3. The fourth-order valence-corrected chi connectivity index (χ4v) is 3.54. The molecule has 3 atom stereocenters. The minimum Gasteiger partial charge on any atom is -0.389 e. The quantitative estimate of drug-likeness (QED) is 0.816. The molecule has 0 bridgehead atoms. The van der Waals surface area contributed by atoms with Crippen LogP contribution in [0.2, 0.25) is 0 Å². The van der Waals surface area contributed by atoms with Crippen LogP contribution in [0, 0.1) is 0 Å². The standard InChI is InChI=1S/C18H26N2O3.ClH/c21-17(13-23-12-14-6-2-1-3-7-14)16-9-5-11-20(16)18(22)15-8-4-10-19-15;/h1-3,6-7,15-17,19,21H,4-5,8-13H2;1H/t15-,16+,17?;/m1./s1. The normalized spacial score (nSPS) is 24.6. The zero-order valence-corrected chi connectivity index (χ0v) is 14.7. The van der Waals surface area contributed by atoms with Crippen LogP contribution in [0.3, 0.4) is 0 Å². The van der Waals surface area contributed by atoms with Gasteiger partial charge in [0.05, 0.1) is 31.4 Å². The summed E-state index contributed by atoms with van der Waals surface area (Å²) in [6.07, 6.45) is 3.15. The van der Waals surface area contributed by atoms with Gasteiger partial charge in [0.15, 0.2) is 0 Å². The summed E-state index contributed by atoms with van der Waals surface area (Å²) in [5, 5.41) is 13.7. The van der Waals surface area contributed by atoms with Gasteiger partial charge in [0.25, 0.3) is 0 Å². The molecule has 134 valence electrons. The third-order valence-electron chi connectivity index (χ3n) is 4.79. The molecule has 0 aliphatic carbocycles. The van der Waals surface area contributed by atoms with Gasteiger partial charge >= 0.3 is 0 Å². The van der Waals surface area contributed by atoms with Gasteiger partial charge in [-0.3, -0.25) is 4.79 Å². The number of carbonyl (C=O) groups excluding carboxylic acids is 1. The van der Waals surface area contributed by atoms with Gasteiger partial charge in [-0.1, -0.05) is 30.3 Å². The molecule has 2 heterocycles. The molecule has 2 saturated heterocycles. The molecule has 5 nitrogen and oxygen atoms in total. The smallest absolute Gasteiger partial charge is 0.240 e. The van der Waals surface area contributed by atoms with Gasteiger partial charge in [0, 0.05) is 6.54 Å². The predicted molar refractivity (Wildman–Crippen MR) is 95.1 cm³/mol. The first-order valence-corrected chi connectivity index (χ1v) is 8.59. The summed E-state index contributed by atoms with van der Waals surface area (Å²) in [5.41, 5.74) is 1.09. The Morgan fingerprint density at radius 1 is 1.29 bits per heavy atom. The minimum absolute atomic E-state index is 0. The van der Waals surface area contributed by atoms with Crippen LogP contribution in [-0.4, -0.2) is 53.8 Å². The van der Waals surface area contributed by atoms with Crippen molar-refractivity contribution in [3.05, 3.63) is 35.9 Å². The maximum atomic E-state index is 12.6. The van der Waals surface area contributed by atoms with Gasteiger partial charge < -0.3 is 20.1 Å². The number of rotatable bonds is 6. The van der Waals surface area contributed by atoms with Crippen molar-refractivity contribution in [3.63, 3.8) is 0 Å². The van der Waals surface area contributed by atoms with Crippen LogP contribution in [0.25, 0.3) is 0 Å². The van der Waals surface area contributed by atoms with Gasteiger partial charge in [0.1, 0.15) is 0 Å². The van der Waals surface area contributed by atoms with Crippen molar-refractivity contribution in [1.82, 2.24) is 10.2 Å². The largest absolute Gasteiger partial charge is 0.389 e. The fourth-order valence-electron chi connectivity index (χ4n) is 3.54. The van der Waals surface area contributed by atoms with Crippen molar-refractivity contribution in [3.8, 4) is 0 Å². The summed E-state index contributed by atoms with van der Waals surface area (Å²) in [6, 6.07) is 9.75. The number of halogens is 1. The molecule has 6 heteroatoms. The van der Waals surface area contributed by atoms with E-state index in [1.54, 1.807) is 0 Å². The second kappa shape index (κ2) is 9.37. The number of ether oxygens (including phenoxy) is 1. The first kappa shape index (κ1) is 19.2. The van der Waals surface area contributed by atoms with Gasteiger partial charge in [-0.15, -0.1) is 12.4 Å². The Balaban J connectivity index is 0.00000208. The summed E-state index contributed by atoms with van der Waals surface area (Å²) in [4.78, 5) is 14.4. The zero-order valence-electron chi connectivity index (χ0n) is 13.9. The average Bonchev–Trinajstić information content (AvgIpc) is 3.27. The lowest BCUT2D eigenvalue weighted by atomic mass is 10.1. The molecule has 1 aromatic carbocycles. The van der Waals surface area contributed by atoms with E-state index in [2.05, 4.69) is 5.32 Å². The summed E-state index contributed by atoms with van der Waals surface area (Å²) >= 11 is 0. The van der Waals surface area contributed by atoms with E-state index in [4.69, 9.17) is 4.74 Å². The SMILES string of the molecule is Cl.O=C([C@H]1CCCN1)N1CCC[C@H]1C(O)COCc1ccccc1. The van der Waals surface area contributed by atoms with Crippen molar-refractivity contribution >= 4 is 18.3 Å². The lowest BCUT2D eigenvalue weighted by Crippen LogP contribution is -2.50. The summed E-state index contributed by atoms with van der Waals surface area (Å²) in [7, 11) is 0. The lowest BCUT2D eigenvalue weighted by Gasteiger charge is -2.30. The van der Waals surface area contributed by atoms with Crippen molar-refractivity contribution in [2.24, 2.45) is 0 Å². The number of benzene rings is 1. The number of amides is 1. The van der Waals surface area contributed by atoms with Crippen molar-refractivity contribution < 1.29 is 14.6 Å². The highest BCUT2D eigenvalue weighted by Gasteiger charge is 2.37. The summed E-state index contributed by atoms with van der Waals surface area (Å²) in [6.45, 7) is 2.42. The maximum Gasteiger partial charge on any atom is 0.240 e. The van der Waals surface area contributed by atoms with Gasteiger partial charge in [-0.05, 0) is 37.8 Å². The zero-order chi connectivity index (χ0) is 16.1. The molecule has 0 saturated carbocycles. The number of nitrogens with one attached hydrogen (secondary N) is 1. The highest BCUT2D eigenvalue weighted by Crippen LogP contribution is 2.23. The molecule has 1 amide bonds. The van der Waals surface area contributed by atoms with Crippen LogP contribution < -0.4 is 5.32 Å². The van der Waals surface area contributed by atoms with Gasteiger partial charge in [0.2, 0.25) is 5.91 Å². The molecule has 0 spiro atoms. The number of aliphatic hydroxyl groups excluding tert-OH is 1. The second-order valence-electron chi connectivity index (χ2n) is 6.46. The van der Waals surface area contributed by atoms with Crippen molar-refractivity contribution in [2.45, 2.75) is 50.5 Å². The molecular formula is C18H27ClN2O3. The molecule has 24 heavy (non-hydrogen) atoms. The van der Waals surface area contributed by atoms with Crippen LogP contribution in [-0.2, 0) is 16.1 Å². The maximum absolute atomic E-state index is 12.6. The van der Waals surface area contributed by atoms with E-state index in [0.717, 1.165) is 44.3 Å². The fraction of sp³-hybridized carbons (Fsp3) is 0.611. The van der Waals surface area contributed by atoms with Crippen LogP contribution in [0.5, 0.6) is 0 Å². The van der Waals surface area contributed by atoms with Crippen LogP contribution in [0.4, 0.5) is 0 Å². The highest BCUT2D eigenvalue weighted by atomic mass is 35.5.